The van der Waals surface area contributed by atoms with Crippen molar-refractivity contribution in [3.05, 3.63) is 0 Å². The topological polar surface area (TPSA) is 78.4 Å². The third-order valence-electron chi connectivity index (χ3n) is 2.58. The Labute approximate surface area is 121 Å². The Hall–Kier alpha value is -0.810. The number of carbonyl (C=O) groups excluding carboxylic acids is 1. The number of amides is 1. The molecule has 0 saturated heterocycles. The summed E-state index contributed by atoms with van der Waals surface area (Å²) in [4.78, 5) is 22.3. The Balaban J connectivity index is 0. The van der Waals surface area contributed by atoms with Gasteiger partial charge in [-0.3, -0.25) is 14.9 Å². The van der Waals surface area contributed by atoms with E-state index < -0.39 is 12.0 Å². The third-order valence-corrected chi connectivity index (χ3v) is 2.58. The summed E-state index contributed by atoms with van der Waals surface area (Å²) in [5.74, 6) is -1.05. The van der Waals surface area contributed by atoms with Crippen LogP contribution in [0.25, 0.3) is 0 Å². The fourth-order valence-electron chi connectivity index (χ4n) is 1.46. The van der Waals surface area contributed by atoms with Crippen LogP contribution >= 0.6 is 12.4 Å². The quantitative estimate of drug-likeness (QED) is 0.638. The molecule has 0 saturated carbocycles. The van der Waals surface area contributed by atoms with Crippen LogP contribution < -0.4 is 10.6 Å². The molecule has 0 aliphatic carbocycles. The van der Waals surface area contributed by atoms with Crippen molar-refractivity contribution >= 4 is 24.3 Å². The molecule has 0 aliphatic rings. The molecule has 114 valence electrons. The summed E-state index contributed by atoms with van der Waals surface area (Å²) in [6.45, 7) is 8.93. The number of hydrogen-bond acceptors (Lipinski definition) is 3. The average molecular weight is 295 g/mol. The maximum atomic E-state index is 11.5. The number of aliphatic carboxylic acids is 1. The molecule has 19 heavy (non-hydrogen) atoms. The van der Waals surface area contributed by atoms with Crippen molar-refractivity contribution in [2.24, 2.45) is 5.41 Å². The lowest BCUT2D eigenvalue weighted by molar-refractivity contribution is -0.139. The molecule has 1 unspecified atom stereocenters. The molecule has 0 radical (unpaired) electrons. The smallest absolute Gasteiger partial charge is 0.320 e. The van der Waals surface area contributed by atoms with Gasteiger partial charge in [0.25, 0.3) is 0 Å². The van der Waals surface area contributed by atoms with Crippen LogP contribution in [-0.4, -0.2) is 36.1 Å². The standard InChI is InChI=1S/C13H26N2O3.ClH/c1-5-6-10(12(17)18)15-9-11(16)14-8-7-13(2,3)4;/h10,15H,5-9H2,1-4H3,(H,14,16)(H,17,18);1H. The molecule has 0 aromatic heterocycles. The lowest BCUT2D eigenvalue weighted by Gasteiger charge is -2.18. The van der Waals surface area contributed by atoms with E-state index in [1.54, 1.807) is 0 Å². The molecule has 0 rings (SSSR count). The normalized spacial score (nSPS) is 12.4. The van der Waals surface area contributed by atoms with Gasteiger partial charge < -0.3 is 10.4 Å². The Morgan fingerprint density at radius 1 is 1.26 bits per heavy atom. The zero-order chi connectivity index (χ0) is 14.2. The van der Waals surface area contributed by atoms with Crippen LogP contribution in [0.5, 0.6) is 0 Å². The van der Waals surface area contributed by atoms with Crippen LogP contribution in [0.4, 0.5) is 0 Å². The van der Waals surface area contributed by atoms with E-state index >= 15 is 0 Å². The van der Waals surface area contributed by atoms with Crippen LogP contribution in [0.15, 0.2) is 0 Å². The van der Waals surface area contributed by atoms with Gasteiger partial charge in [-0.25, -0.2) is 0 Å². The highest BCUT2D eigenvalue weighted by atomic mass is 35.5. The highest BCUT2D eigenvalue weighted by Gasteiger charge is 2.16. The second kappa shape index (κ2) is 10.0. The zero-order valence-electron chi connectivity index (χ0n) is 12.3. The second-order valence-corrected chi connectivity index (χ2v) is 5.72. The van der Waals surface area contributed by atoms with Crippen molar-refractivity contribution in [1.82, 2.24) is 10.6 Å². The third kappa shape index (κ3) is 12.0. The van der Waals surface area contributed by atoms with Crippen LogP contribution in [-0.2, 0) is 9.59 Å². The number of carbonyl (C=O) groups is 2. The van der Waals surface area contributed by atoms with Crippen molar-refractivity contribution in [2.75, 3.05) is 13.1 Å². The van der Waals surface area contributed by atoms with Crippen molar-refractivity contribution in [1.29, 1.82) is 0 Å². The van der Waals surface area contributed by atoms with Gasteiger partial charge in [0.05, 0.1) is 6.54 Å². The van der Waals surface area contributed by atoms with Gasteiger partial charge in [0, 0.05) is 6.54 Å². The Morgan fingerprint density at radius 3 is 2.26 bits per heavy atom. The molecule has 0 bridgehead atoms. The highest BCUT2D eigenvalue weighted by Crippen LogP contribution is 2.16. The van der Waals surface area contributed by atoms with Gasteiger partial charge in [0.2, 0.25) is 5.91 Å². The number of carboxylic acids is 1. The molecular formula is C13H27ClN2O3. The molecular weight excluding hydrogens is 268 g/mol. The Morgan fingerprint density at radius 2 is 1.84 bits per heavy atom. The summed E-state index contributed by atoms with van der Waals surface area (Å²) >= 11 is 0. The first kappa shape index (κ1) is 20.5. The number of hydrogen-bond donors (Lipinski definition) is 3. The molecule has 5 nitrogen and oxygen atoms in total. The minimum atomic E-state index is -0.903. The summed E-state index contributed by atoms with van der Waals surface area (Å²) in [5, 5.41) is 14.4. The summed E-state index contributed by atoms with van der Waals surface area (Å²) < 4.78 is 0. The fraction of sp³-hybridized carbons (Fsp3) is 0.846. The van der Waals surface area contributed by atoms with Crippen LogP contribution in [0.1, 0.15) is 47.0 Å². The van der Waals surface area contributed by atoms with Crippen LogP contribution in [0.3, 0.4) is 0 Å². The van der Waals surface area contributed by atoms with E-state index in [4.69, 9.17) is 5.11 Å². The molecule has 3 N–H and O–H groups in total. The lowest BCUT2D eigenvalue weighted by Crippen LogP contribution is -2.43. The van der Waals surface area contributed by atoms with Crippen molar-refractivity contribution < 1.29 is 14.7 Å². The molecule has 0 aromatic carbocycles. The molecule has 0 fully saturated rings. The van der Waals surface area contributed by atoms with E-state index in [2.05, 4.69) is 31.4 Å². The molecule has 0 spiro atoms. The SMILES string of the molecule is CCCC(NCC(=O)NCCC(C)(C)C)C(=O)O.Cl. The lowest BCUT2D eigenvalue weighted by atomic mass is 9.92. The molecule has 0 aromatic rings. The Bertz CT molecular complexity index is 278. The number of halogens is 1. The van der Waals surface area contributed by atoms with Crippen LogP contribution in [0, 0.1) is 5.41 Å². The van der Waals surface area contributed by atoms with Gasteiger partial charge in [0.1, 0.15) is 6.04 Å². The van der Waals surface area contributed by atoms with Gasteiger partial charge in [-0.15, -0.1) is 12.4 Å². The van der Waals surface area contributed by atoms with E-state index in [0.717, 1.165) is 12.8 Å². The zero-order valence-corrected chi connectivity index (χ0v) is 13.1. The van der Waals surface area contributed by atoms with Crippen molar-refractivity contribution in [2.45, 2.75) is 53.0 Å². The second-order valence-electron chi connectivity index (χ2n) is 5.72. The molecule has 0 aliphatic heterocycles. The predicted octanol–water partition coefficient (Wildman–Crippen LogP) is 1.80. The van der Waals surface area contributed by atoms with E-state index in [0.29, 0.717) is 13.0 Å². The van der Waals surface area contributed by atoms with Crippen molar-refractivity contribution in [3.8, 4) is 0 Å². The molecule has 1 amide bonds. The van der Waals surface area contributed by atoms with Crippen LogP contribution in [0.2, 0.25) is 0 Å². The predicted molar refractivity (Wildman–Crippen MR) is 78.7 cm³/mol. The first-order valence-corrected chi connectivity index (χ1v) is 6.49. The summed E-state index contributed by atoms with van der Waals surface area (Å²) in [6.07, 6.45) is 2.20. The molecule has 0 heterocycles. The molecule has 1 atom stereocenters. The van der Waals surface area contributed by atoms with Gasteiger partial charge in [-0.1, -0.05) is 34.1 Å². The van der Waals surface area contributed by atoms with Gasteiger partial charge in [-0.05, 0) is 18.3 Å². The van der Waals surface area contributed by atoms with E-state index in [-0.39, 0.29) is 30.3 Å². The number of rotatable bonds is 8. The minimum absolute atomic E-state index is 0. The van der Waals surface area contributed by atoms with Gasteiger partial charge in [-0.2, -0.15) is 0 Å². The number of nitrogens with one attached hydrogen (secondary N) is 2. The maximum Gasteiger partial charge on any atom is 0.320 e. The summed E-state index contributed by atoms with van der Waals surface area (Å²) in [6, 6.07) is -0.636. The summed E-state index contributed by atoms with van der Waals surface area (Å²) in [7, 11) is 0. The monoisotopic (exact) mass is 294 g/mol. The minimum Gasteiger partial charge on any atom is -0.480 e. The van der Waals surface area contributed by atoms with Gasteiger partial charge >= 0.3 is 5.97 Å². The number of carboxylic acid groups (broad SMARTS) is 1. The van der Waals surface area contributed by atoms with Crippen molar-refractivity contribution in [3.63, 3.8) is 0 Å². The average Bonchev–Trinajstić information content (AvgIpc) is 2.21. The largest absolute Gasteiger partial charge is 0.480 e. The summed E-state index contributed by atoms with van der Waals surface area (Å²) in [5.41, 5.74) is 0.187. The fourth-order valence-corrected chi connectivity index (χ4v) is 1.46. The first-order chi connectivity index (χ1) is 8.26. The first-order valence-electron chi connectivity index (χ1n) is 6.49. The van der Waals surface area contributed by atoms with E-state index in [9.17, 15) is 9.59 Å². The van der Waals surface area contributed by atoms with Gasteiger partial charge in [0.15, 0.2) is 0 Å². The Kier molecular flexibility index (Phi) is 10.8. The highest BCUT2D eigenvalue weighted by molar-refractivity contribution is 5.85. The molecule has 6 heteroatoms. The van der Waals surface area contributed by atoms with E-state index in [1.165, 1.54) is 0 Å². The van der Waals surface area contributed by atoms with E-state index in [1.807, 2.05) is 6.92 Å². The maximum absolute atomic E-state index is 11.5.